The minimum absolute atomic E-state index is 0.0545. The number of likely N-dealkylation sites (tertiary alicyclic amines) is 1. The molecule has 3 aromatic carbocycles. The summed E-state index contributed by atoms with van der Waals surface area (Å²) in [6.45, 7) is 1.61. The Balaban J connectivity index is 1.44. The summed E-state index contributed by atoms with van der Waals surface area (Å²) in [5.41, 5.74) is 1.36. The van der Waals surface area contributed by atoms with E-state index in [1.807, 2.05) is 72.8 Å². The molecule has 3 fully saturated rings. The lowest BCUT2D eigenvalue weighted by atomic mass is 9.71. The van der Waals surface area contributed by atoms with Crippen molar-refractivity contribution in [2.75, 3.05) is 18.5 Å². The molecule has 3 aliphatic rings. The monoisotopic (exact) mass is 608 g/mol. The van der Waals surface area contributed by atoms with Gasteiger partial charge in [-0.2, -0.15) is 0 Å². The average molecular weight is 610 g/mol. The van der Waals surface area contributed by atoms with Crippen molar-refractivity contribution < 1.29 is 24.2 Å². The van der Waals surface area contributed by atoms with Crippen molar-refractivity contribution in [3.05, 3.63) is 78.4 Å². The van der Waals surface area contributed by atoms with Gasteiger partial charge in [-0.15, -0.1) is 11.8 Å². The zero-order chi connectivity index (χ0) is 27.3. The molecule has 202 valence electrons. The molecule has 3 aliphatic heterocycles. The molecule has 2 bridgehead atoms. The van der Waals surface area contributed by atoms with Crippen LogP contribution in [0.25, 0.3) is 10.8 Å². The van der Waals surface area contributed by atoms with E-state index in [0.717, 1.165) is 16.3 Å². The minimum atomic E-state index is -0.895. The number of alkyl halides is 1. The van der Waals surface area contributed by atoms with E-state index in [0.29, 0.717) is 12.1 Å². The first-order valence-electron chi connectivity index (χ1n) is 13.2. The Morgan fingerprint density at radius 2 is 1.85 bits per heavy atom. The molecule has 3 saturated heterocycles. The van der Waals surface area contributed by atoms with Crippen molar-refractivity contribution in [3.63, 3.8) is 0 Å². The van der Waals surface area contributed by atoms with Gasteiger partial charge >= 0.3 is 5.97 Å². The molecule has 7 atom stereocenters. The van der Waals surface area contributed by atoms with Crippen molar-refractivity contribution in [3.8, 4) is 0 Å². The number of benzene rings is 3. The third kappa shape index (κ3) is 4.17. The van der Waals surface area contributed by atoms with E-state index in [1.165, 1.54) is 4.90 Å². The fourth-order valence-electron chi connectivity index (χ4n) is 6.72. The van der Waals surface area contributed by atoms with Gasteiger partial charge in [-0.1, -0.05) is 76.6 Å². The normalized spacial score (nSPS) is 29.9. The number of nitrogens with one attached hydrogen (secondary N) is 1. The maximum absolute atomic E-state index is 14.3. The predicted octanol–water partition coefficient (Wildman–Crippen LogP) is 4.54. The van der Waals surface area contributed by atoms with Gasteiger partial charge in [-0.25, -0.2) is 0 Å². The number of thioether (sulfide) groups is 1. The number of rotatable bonds is 7. The fourth-order valence-corrected chi connectivity index (χ4v) is 10.3. The number of carbonyl (C=O) groups excluding carboxylic acids is 3. The quantitative estimate of drug-likeness (QED) is 0.302. The summed E-state index contributed by atoms with van der Waals surface area (Å²) in [4.78, 5) is 43.3. The van der Waals surface area contributed by atoms with Crippen LogP contribution in [0.3, 0.4) is 0 Å². The first kappa shape index (κ1) is 26.3. The highest BCUT2D eigenvalue weighted by atomic mass is 79.9. The molecule has 2 amide bonds. The maximum atomic E-state index is 14.3. The van der Waals surface area contributed by atoms with E-state index in [2.05, 4.69) is 21.2 Å². The summed E-state index contributed by atoms with van der Waals surface area (Å²) in [6.07, 6.45) is 0.549. The summed E-state index contributed by atoms with van der Waals surface area (Å²) in [6, 6.07) is 21.2. The van der Waals surface area contributed by atoms with E-state index in [9.17, 15) is 19.5 Å². The molecule has 0 radical (unpaired) electrons. The summed E-state index contributed by atoms with van der Waals surface area (Å²) < 4.78 is 4.59. The van der Waals surface area contributed by atoms with Gasteiger partial charge < -0.3 is 20.1 Å². The van der Waals surface area contributed by atoms with Crippen LogP contribution >= 0.6 is 27.7 Å². The van der Waals surface area contributed by atoms with Crippen LogP contribution in [-0.2, 0) is 19.1 Å². The van der Waals surface area contributed by atoms with Crippen LogP contribution in [-0.4, -0.2) is 61.9 Å². The van der Waals surface area contributed by atoms with Crippen LogP contribution in [0, 0.1) is 11.8 Å². The third-order valence-corrected chi connectivity index (χ3v) is 11.5. The second-order valence-electron chi connectivity index (χ2n) is 10.3. The smallest absolute Gasteiger partial charge is 0.310 e. The number of esters is 1. The first-order valence-corrected chi connectivity index (χ1v) is 15.0. The Morgan fingerprint density at radius 3 is 2.56 bits per heavy atom. The minimum Gasteiger partial charge on any atom is -0.466 e. The Bertz CT molecular complexity index is 1440. The van der Waals surface area contributed by atoms with E-state index < -0.39 is 34.6 Å². The summed E-state index contributed by atoms with van der Waals surface area (Å²) >= 11 is 5.30. The Kier molecular flexibility index (Phi) is 6.93. The van der Waals surface area contributed by atoms with Crippen molar-refractivity contribution in [1.82, 2.24) is 4.90 Å². The number of fused-ring (bicyclic) bond motifs is 2. The van der Waals surface area contributed by atoms with Gasteiger partial charge in [0, 0.05) is 15.8 Å². The van der Waals surface area contributed by atoms with Crippen molar-refractivity contribution >= 4 is 61.9 Å². The lowest BCUT2D eigenvalue weighted by Gasteiger charge is -2.37. The molecular formula is C30H29BrN2O5S. The summed E-state index contributed by atoms with van der Waals surface area (Å²) in [5, 5.41) is 15.5. The van der Waals surface area contributed by atoms with Crippen LogP contribution in [0.2, 0.25) is 0 Å². The van der Waals surface area contributed by atoms with Crippen molar-refractivity contribution in [2.24, 2.45) is 11.8 Å². The number of halogens is 1. The largest absolute Gasteiger partial charge is 0.466 e. The number of nitrogens with zero attached hydrogens (tertiary/aromatic N) is 1. The number of hydrogen-bond acceptors (Lipinski definition) is 6. The lowest BCUT2D eigenvalue weighted by molar-refractivity contribution is -0.154. The van der Waals surface area contributed by atoms with Gasteiger partial charge in [0.1, 0.15) is 6.04 Å². The molecular weight excluding hydrogens is 580 g/mol. The highest BCUT2D eigenvalue weighted by molar-refractivity contribution is 9.09. The molecule has 0 aliphatic carbocycles. The van der Waals surface area contributed by atoms with E-state index >= 15 is 0 Å². The van der Waals surface area contributed by atoms with Gasteiger partial charge in [0.2, 0.25) is 11.8 Å². The molecule has 3 heterocycles. The van der Waals surface area contributed by atoms with E-state index in [-0.39, 0.29) is 35.1 Å². The summed E-state index contributed by atoms with van der Waals surface area (Å²) in [5.74, 6) is -2.41. The number of amides is 2. The molecule has 7 nitrogen and oxygen atoms in total. The second kappa shape index (κ2) is 10.3. The van der Waals surface area contributed by atoms with Crippen molar-refractivity contribution in [1.29, 1.82) is 0 Å². The number of hydrogen-bond donors (Lipinski definition) is 2. The molecule has 0 saturated carbocycles. The van der Waals surface area contributed by atoms with E-state index in [4.69, 9.17) is 4.74 Å². The first-order chi connectivity index (χ1) is 18.9. The molecule has 1 spiro atoms. The van der Waals surface area contributed by atoms with Gasteiger partial charge in [-0.3, -0.25) is 14.4 Å². The fraction of sp³-hybridized carbons (Fsp3) is 0.367. The van der Waals surface area contributed by atoms with Crippen molar-refractivity contribution in [2.45, 2.75) is 40.3 Å². The number of aliphatic hydroxyl groups excluding tert-OH is 1. The molecule has 6 rings (SSSR count). The van der Waals surface area contributed by atoms with Gasteiger partial charge in [0.05, 0.1) is 35.8 Å². The summed E-state index contributed by atoms with van der Waals surface area (Å²) in [7, 11) is 0. The van der Waals surface area contributed by atoms with Crippen LogP contribution in [0.15, 0.2) is 72.8 Å². The predicted molar refractivity (Wildman–Crippen MR) is 155 cm³/mol. The number of anilines is 1. The van der Waals surface area contributed by atoms with Crippen LogP contribution in [0.4, 0.5) is 5.69 Å². The van der Waals surface area contributed by atoms with Crippen LogP contribution in [0.5, 0.6) is 0 Å². The average Bonchev–Trinajstić information content (AvgIpc) is 3.53. The van der Waals surface area contributed by atoms with Gasteiger partial charge in [0.25, 0.3) is 0 Å². The SMILES string of the molecule is CCOC(=O)[C@H]1[C@@H]2SC3(CC2Br)C(C(=O)Nc2ccc4ccccc4c2)N([C@H](CO)c2ccccc2)C(=O)[C@H]13. The number of aliphatic hydroxyl groups is 1. The molecule has 2 N–H and O–H groups in total. The zero-order valence-corrected chi connectivity index (χ0v) is 23.7. The van der Waals surface area contributed by atoms with Crippen LogP contribution in [0.1, 0.15) is 24.9 Å². The standard InChI is InChI=1S/C30H29BrN2O5S/c1-2-38-29(37)23-24-28(36)33(22(16-34)18-9-4-3-5-10-18)26(30(24)15-21(31)25(23)39-30)27(35)32-20-13-12-17-8-6-7-11-19(17)14-20/h3-14,21-26,34H,2,15-16H2,1H3,(H,32,35)/t21?,22-,23-,24+,25-,26?,30?/m1/s1. The topological polar surface area (TPSA) is 95.9 Å². The highest BCUT2D eigenvalue weighted by Gasteiger charge is 2.76. The second-order valence-corrected chi connectivity index (χ2v) is 13.0. The molecule has 9 heteroatoms. The molecule has 3 unspecified atom stereocenters. The molecule has 0 aromatic heterocycles. The maximum Gasteiger partial charge on any atom is 0.310 e. The Labute approximate surface area is 239 Å². The Morgan fingerprint density at radius 1 is 1.13 bits per heavy atom. The number of ether oxygens (including phenoxy) is 1. The number of carbonyl (C=O) groups is 3. The lowest BCUT2D eigenvalue weighted by Crippen LogP contribution is -2.53. The molecule has 3 aromatic rings. The third-order valence-electron chi connectivity index (χ3n) is 8.24. The van der Waals surface area contributed by atoms with E-state index in [1.54, 1.807) is 18.7 Å². The Hall–Kier alpha value is -2.88. The highest BCUT2D eigenvalue weighted by Crippen LogP contribution is 2.68. The zero-order valence-electron chi connectivity index (χ0n) is 21.3. The van der Waals surface area contributed by atoms with Crippen LogP contribution < -0.4 is 5.32 Å². The van der Waals surface area contributed by atoms with Gasteiger partial charge in [-0.05, 0) is 41.8 Å². The van der Waals surface area contributed by atoms with Gasteiger partial charge in [0.15, 0.2) is 0 Å². The molecule has 39 heavy (non-hydrogen) atoms.